The number of benzene rings is 1. The number of fused-ring (bicyclic) bond motifs is 1. The van der Waals surface area contributed by atoms with E-state index in [1.54, 1.807) is 29.7 Å². The van der Waals surface area contributed by atoms with E-state index < -0.39 is 23.7 Å². The van der Waals surface area contributed by atoms with E-state index in [2.05, 4.69) is 20.3 Å². The third-order valence-corrected chi connectivity index (χ3v) is 5.07. The molecular weight excluding hydrogens is 451 g/mol. The SMILES string of the molecule is COc1cc(-c2nc([C@H](C)N)n3ccnc(N)c23)ccc1C(=O)Nc1cc(C(F)(F)F)ccn1. The summed E-state index contributed by atoms with van der Waals surface area (Å²) in [5, 5.41) is 2.37. The molecule has 0 radical (unpaired) electrons. The van der Waals surface area contributed by atoms with E-state index in [9.17, 15) is 18.0 Å². The third kappa shape index (κ3) is 4.22. The first-order valence-corrected chi connectivity index (χ1v) is 10.0. The fraction of sp³-hybridized carbons (Fsp3) is 0.182. The molecule has 5 N–H and O–H groups in total. The summed E-state index contributed by atoms with van der Waals surface area (Å²) in [6, 6.07) is 5.85. The average molecular weight is 471 g/mol. The van der Waals surface area contributed by atoms with Crippen molar-refractivity contribution in [1.29, 1.82) is 0 Å². The molecule has 0 aliphatic heterocycles. The molecule has 1 aromatic carbocycles. The molecule has 4 rings (SSSR count). The predicted molar refractivity (Wildman–Crippen MR) is 119 cm³/mol. The lowest BCUT2D eigenvalue weighted by Gasteiger charge is -2.12. The number of carbonyl (C=O) groups excluding carboxylic acids is 1. The molecule has 3 heterocycles. The maximum Gasteiger partial charge on any atom is 0.416 e. The number of nitrogens with zero attached hydrogens (tertiary/aromatic N) is 4. The Balaban J connectivity index is 1.72. The lowest BCUT2D eigenvalue weighted by Crippen LogP contribution is -2.15. The van der Waals surface area contributed by atoms with Crippen LogP contribution in [0.1, 0.15) is 34.7 Å². The number of nitrogens with one attached hydrogen (secondary N) is 1. The van der Waals surface area contributed by atoms with Crippen LogP contribution in [0.15, 0.2) is 48.9 Å². The van der Waals surface area contributed by atoms with Crippen molar-refractivity contribution < 1.29 is 22.7 Å². The van der Waals surface area contributed by atoms with Crippen LogP contribution in [0.5, 0.6) is 5.75 Å². The summed E-state index contributed by atoms with van der Waals surface area (Å²) in [5.74, 6) is 0.0468. The number of aromatic nitrogens is 4. The van der Waals surface area contributed by atoms with Gasteiger partial charge < -0.3 is 21.5 Å². The zero-order valence-electron chi connectivity index (χ0n) is 18.1. The van der Waals surface area contributed by atoms with Crippen LogP contribution in [-0.4, -0.2) is 32.4 Å². The second-order valence-electron chi connectivity index (χ2n) is 7.44. The Morgan fingerprint density at radius 2 is 1.94 bits per heavy atom. The van der Waals surface area contributed by atoms with Gasteiger partial charge in [-0.3, -0.25) is 9.20 Å². The number of hydrogen-bond donors (Lipinski definition) is 3. The number of alkyl halides is 3. The Hall–Kier alpha value is -4.19. The van der Waals surface area contributed by atoms with Gasteiger partial charge in [0.25, 0.3) is 5.91 Å². The number of methoxy groups -OCH3 is 1. The van der Waals surface area contributed by atoms with Gasteiger partial charge in [-0.05, 0) is 31.2 Å². The fourth-order valence-corrected chi connectivity index (χ4v) is 3.49. The van der Waals surface area contributed by atoms with Crippen LogP contribution in [-0.2, 0) is 6.18 Å². The molecule has 0 saturated carbocycles. The van der Waals surface area contributed by atoms with Crippen LogP contribution in [0, 0.1) is 0 Å². The quantitative estimate of drug-likeness (QED) is 0.404. The van der Waals surface area contributed by atoms with Gasteiger partial charge >= 0.3 is 6.18 Å². The van der Waals surface area contributed by atoms with Crippen LogP contribution in [0.4, 0.5) is 24.8 Å². The normalized spacial score (nSPS) is 12.5. The summed E-state index contributed by atoms with van der Waals surface area (Å²) >= 11 is 0. The number of anilines is 2. The second kappa shape index (κ2) is 8.63. The van der Waals surface area contributed by atoms with Crippen LogP contribution in [0.25, 0.3) is 16.8 Å². The van der Waals surface area contributed by atoms with Crippen LogP contribution >= 0.6 is 0 Å². The highest BCUT2D eigenvalue weighted by Gasteiger charge is 2.31. The number of carbonyl (C=O) groups is 1. The summed E-state index contributed by atoms with van der Waals surface area (Å²) in [6.07, 6.45) is -0.361. The number of hydrogen-bond acceptors (Lipinski definition) is 7. The van der Waals surface area contributed by atoms with Crippen molar-refractivity contribution in [2.24, 2.45) is 5.73 Å². The van der Waals surface area contributed by atoms with Gasteiger partial charge in [-0.15, -0.1) is 0 Å². The Labute approximate surface area is 191 Å². The van der Waals surface area contributed by atoms with Crippen molar-refractivity contribution >= 4 is 23.1 Å². The molecule has 1 amide bonds. The molecule has 9 nitrogen and oxygen atoms in total. The van der Waals surface area contributed by atoms with Crippen LogP contribution in [0.2, 0.25) is 0 Å². The maximum atomic E-state index is 13.0. The van der Waals surface area contributed by atoms with Gasteiger partial charge in [-0.1, -0.05) is 6.07 Å². The van der Waals surface area contributed by atoms with E-state index in [4.69, 9.17) is 16.2 Å². The van der Waals surface area contributed by atoms with Gasteiger partial charge in [0, 0.05) is 24.2 Å². The Morgan fingerprint density at radius 1 is 1.18 bits per heavy atom. The molecule has 12 heteroatoms. The monoisotopic (exact) mass is 471 g/mol. The second-order valence-corrected chi connectivity index (χ2v) is 7.44. The number of nitrogens with two attached hydrogens (primary N) is 2. The minimum atomic E-state index is -4.56. The van der Waals surface area contributed by atoms with Crippen LogP contribution < -0.4 is 21.5 Å². The zero-order chi connectivity index (χ0) is 24.6. The number of imidazole rings is 1. The fourth-order valence-electron chi connectivity index (χ4n) is 3.49. The minimum absolute atomic E-state index is 0.0903. The highest BCUT2D eigenvalue weighted by molar-refractivity contribution is 6.06. The molecule has 0 spiro atoms. The predicted octanol–water partition coefficient (Wildman–Crippen LogP) is 3.67. The standard InChI is InChI=1S/C22H20F3N7O2/c1-11(26)20-31-17(18-19(27)29-7-8-32(18)20)12-3-4-14(15(9-12)34-2)21(33)30-16-10-13(5-6-28-16)22(23,24)25/h3-11H,26H2,1-2H3,(H2,27,29)(H,28,30,33)/t11-/m0/s1. The Kier molecular flexibility index (Phi) is 5.83. The third-order valence-electron chi connectivity index (χ3n) is 5.07. The molecule has 0 bridgehead atoms. The molecule has 0 saturated heterocycles. The number of halogens is 3. The molecule has 0 unspecified atom stereocenters. The number of ether oxygens (including phenoxy) is 1. The lowest BCUT2D eigenvalue weighted by molar-refractivity contribution is -0.137. The Bertz CT molecular complexity index is 1380. The number of amides is 1. The van der Waals surface area contributed by atoms with E-state index in [0.29, 0.717) is 22.6 Å². The first-order valence-electron chi connectivity index (χ1n) is 10.0. The van der Waals surface area contributed by atoms with Crippen molar-refractivity contribution in [3.63, 3.8) is 0 Å². The van der Waals surface area contributed by atoms with Crippen molar-refractivity contribution in [3.05, 3.63) is 65.9 Å². The molecule has 176 valence electrons. The summed E-state index contributed by atoms with van der Waals surface area (Å²) in [5.41, 5.74) is 12.9. The van der Waals surface area contributed by atoms with E-state index in [0.717, 1.165) is 18.3 Å². The molecule has 0 fully saturated rings. The van der Waals surface area contributed by atoms with E-state index in [-0.39, 0.29) is 22.9 Å². The van der Waals surface area contributed by atoms with Gasteiger partial charge in [0.05, 0.1) is 24.3 Å². The summed E-state index contributed by atoms with van der Waals surface area (Å²) in [6.45, 7) is 1.78. The van der Waals surface area contributed by atoms with Crippen molar-refractivity contribution in [3.8, 4) is 17.0 Å². The number of nitrogen functional groups attached to an aromatic ring is 1. The largest absolute Gasteiger partial charge is 0.496 e. The average Bonchev–Trinajstić information content (AvgIpc) is 3.19. The van der Waals surface area contributed by atoms with Crippen molar-refractivity contribution in [2.75, 3.05) is 18.2 Å². The molecule has 0 aliphatic rings. The summed E-state index contributed by atoms with van der Waals surface area (Å²) in [4.78, 5) is 25.3. The molecule has 3 aromatic heterocycles. The number of pyridine rings is 1. The summed E-state index contributed by atoms with van der Waals surface area (Å²) in [7, 11) is 1.37. The van der Waals surface area contributed by atoms with E-state index >= 15 is 0 Å². The first kappa shape index (κ1) is 23.0. The molecule has 4 aromatic rings. The van der Waals surface area contributed by atoms with Gasteiger partial charge in [0.1, 0.15) is 34.4 Å². The number of rotatable bonds is 5. The molecule has 0 aliphatic carbocycles. The first-order chi connectivity index (χ1) is 16.1. The highest BCUT2D eigenvalue weighted by Crippen LogP contribution is 2.34. The lowest BCUT2D eigenvalue weighted by atomic mass is 10.1. The molecule has 1 atom stereocenters. The van der Waals surface area contributed by atoms with Crippen molar-refractivity contribution in [1.82, 2.24) is 19.4 Å². The Morgan fingerprint density at radius 3 is 2.62 bits per heavy atom. The van der Waals surface area contributed by atoms with Gasteiger partial charge in [0.15, 0.2) is 0 Å². The topological polar surface area (TPSA) is 133 Å². The maximum absolute atomic E-state index is 13.0. The smallest absolute Gasteiger partial charge is 0.416 e. The van der Waals surface area contributed by atoms with Crippen molar-refractivity contribution in [2.45, 2.75) is 19.1 Å². The van der Waals surface area contributed by atoms with E-state index in [1.807, 2.05) is 0 Å². The zero-order valence-corrected chi connectivity index (χ0v) is 18.1. The van der Waals surface area contributed by atoms with Gasteiger partial charge in [-0.25, -0.2) is 15.0 Å². The van der Waals surface area contributed by atoms with Gasteiger partial charge in [0.2, 0.25) is 0 Å². The van der Waals surface area contributed by atoms with E-state index in [1.165, 1.54) is 19.4 Å². The minimum Gasteiger partial charge on any atom is -0.496 e. The molecule has 34 heavy (non-hydrogen) atoms. The van der Waals surface area contributed by atoms with Crippen LogP contribution in [0.3, 0.4) is 0 Å². The van der Waals surface area contributed by atoms with Gasteiger partial charge in [-0.2, -0.15) is 13.2 Å². The molecular formula is C22H20F3N7O2. The highest BCUT2D eigenvalue weighted by atomic mass is 19.4. The summed E-state index contributed by atoms with van der Waals surface area (Å²) < 4.78 is 46.0.